The van der Waals surface area contributed by atoms with E-state index in [9.17, 15) is 4.79 Å². The highest BCUT2D eigenvalue weighted by Crippen LogP contribution is 2.35. The molecule has 0 heterocycles. The maximum Gasteiger partial charge on any atom is 0.330 e. The second-order valence-corrected chi connectivity index (χ2v) is 6.47. The molecule has 3 aromatic carbocycles. The van der Waals surface area contributed by atoms with Crippen LogP contribution in [0.2, 0.25) is 0 Å². The molecule has 0 N–H and O–H groups in total. The number of ether oxygens (including phenoxy) is 5. The van der Waals surface area contributed by atoms with Crippen LogP contribution in [0.25, 0.3) is 10.8 Å². The van der Waals surface area contributed by atoms with Crippen molar-refractivity contribution in [3.05, 3.63) is 79.4 Å². The molecule has 6 nitrogen and oxygen atoms in total. The molecular formula is C25H26O6. The fourth-order valence-corrected chi connectivity index (χ4v) is 2.87. The Morgan fingerprint density at radius 3 is 2.00 bits per heavy atom. The molecule has 0 spiro atoms. The van der Waals surface area contributed by atoms with Crippen molar-refractivity contribution in [2.75, 3.05) is 39.6 Å². The summed E-state index contributed by atoms with van der Waals surface area (Å²) in [5, 5.41) is 1.96. The summed E-state index contributed by atoms with van der Waals surface area (Å²) in [6, 6.07) is 21.5. The molecule has 0 saturated heterocycles. The molecule has 0 aliphatic rings. The van der Waals surface area contributed by atoms with Crippen molar-refractivity contribution in [3.8, 4) is 17.2 Å². The Bertz CT molecular complexity index is 970. The molecule has 31 heavy (non-hydrogen) atoms. The lowest BCUT2D eigenvalue weighted by Gasteiger charge is -2.13. The predicted molar refractivity (Wildman–Crippen MR) is 119 cm³/mol. The minimum Gasteiger partial charge on any atom is -0.491 e. The monoisotopic (exact) mass is 422 g/mol. The van der Waals surface area contributed by atoms with Gasteiger partial charge in [0.1, 0.15) is 30.5 Å². The summed E-state index contributed by atoms with van der Waals surface area (Å²) in [4.78, 5) is 10.9. The van der Waals surface area contributed by atoms with E-state index in [0.29, 0.717) is 33.0 Å². The molecule has 0 saturated carbocycles. The summed E-state index contributed by atoms with van der Waals surface area (Å²) in [6.07, 6.45) is 1.12. The first kappa shape index (κ1) is 22.3. The minimum absolute atomic E-state index is 0.199. The summed E-state index contributed by atoms with van der Waals surface area (Å²) >= 11 is 0. The Labute approximate surface area is 181 Å². The molecule has 0 atom stereocenters. The van der Waals surface area contributed by atoms with Gasteiger partial charge in [0.05, 0.1) is 26.4 Å². The SMILES string of the molecule is C=CC(=O)OCCOCCOCCOc1ccc(Oc2ccccc2)c2ccccc12. The van der Waals surface area contributed by atoms with Gasteiger partial charge in [-0.05, 0) is 24.3 Å². The van der Waals surface area contributed by atoms with Crippen LogP contribution in [-0.4, -0.2) is 45.6 Å². The highest BCUT2D eigenvalue weighted by atomic mass is 16.6. The number of carbonyl (C=O) groups excluding carboxylic acids is 1. The van der Waals surface area contributed by atoms with E-state index in [2.05, 4.69) is 6.58 Å². The van der Waals surface area contributed by atoms with Crippen LogP contribution in [0.4, 0.5) is 0 Å². The molecule has 3 rings (SSSR count). The number of fused-ring (bicyclic) bond motifs is 1. The molecular weight excluding hydrogens is 396 g/mol. The van der Waals surface area contributed by atoms with E-state index in [-0.39, 0.29) is 6.61 Å². The van der Waals surface area contributed by atoms with Gasteiger partial charge in [0.25, 0.3) is 0 Å². The van der Waals surface area contributed by atoms with Gasteiger partial charge in [-0.25, -0.2) is 4.79 Å². The van der Waals surface area contributed by atoms with Crippen LogP contribution in [0.5, 0.6) is 17.2 Å². The largest absolute Gasteiger partial charge is 0.491 e. The van der Waals surface area contributed by atoms with Crippen molar-refractivity contribution in [3.63, 3.8) is 0 Å². The van der Waals surface area contributed by atoms with Gasteiger partial charge in [-0.15, -0.1) is 0 Å². The van der Waals surface area contributed by atoms with Crippen molar-refractivity contribution in [1.82, 2.24) is 0 Å². The number of esters is 1. The Kier molecular flexibility index (Phi) is 8.91. The zero-order valence-corrected chi connectivity index (χ0v) is 17.3. The fraction of sp³-hybridized carbons (Fsp3) is 0.240. The second-order valence-electron chi connectivity index (χ2n) is 6.47. The molecule has 0 fully saturated rings. The molecule has 0 aliphatic heterocycles. The average molecular weight is 422 g/mol. The van der Waals surface area contributed by atoms with E-state index < -0.39 is 5.97 Å². The topological polar surface area (TPSA) is 63.2 Å². The molecule has 6 heteroatoms. The lowest BCUT2D eigenvalue weighted by molar-refractivity contribution is -0.139. The van der Waals surface area contributed by atoms with Crippen molar-refractivity contribution in [2.24, 2.45) is 0 Å². The third-order valence-electron chi connectivity index (χ3n) is 4.31. The van der Waals surface area contributed by atoms with Crippen LogP contribution >= 0.6 is 0 Å². The zero-order valence-electron chi connectivity index (χ0n) is 17.3. The van der Waals surface area contributed by atoms with Gasteiger partial charge >= 0.3 is 5.97 Å². The van der Waals surface area contributed by atoms with E-state index in [0.717, 1.165) is 34.1 Å². The van der Waals surface area contributed by atoms with Crippen molar-refractivity contribution >= 4 is 16.7 Å². The van der Waals surface area contributed by atoms with E-state index in [4.69, 9.17) is 23.7 Å². The molecule has 162 valence electrons. The van der Waals surface area contributed by atoms with E-state index in [1.807, 2.05) is 66.7 Å². The van der Waals surface area contributed by atoms with Crippen molar-refractivity contribution < 1.29 is 28.5 Å². The summed E-state index contributed by atoms with van der Waals surface area (Å²) < 4.78 is 27.6. The van der Waals surface area contributed by atoms with Gasteiger partial charge in [0.2, 0.25) is 0 Å². The van der Waals surface area contributed by atoms with E-state index in [1.165, 1.54) is 0 Å². The molecule has 0 amide bonds. The third kappa shape index (κ3) is 7.13. The zero-order chi connectivity index (χ0) is 21.7. The molecule has 0 aromatic heterocycles. The number of rotatable bonds is 13. The fourth-order valence-electron chi connectivity index (χ4n) is 2.87. The van der Waals surface area contributed by atoms with Gasteiger partial charge in [-0.1, -0.05) is 49.0 Å². The molecule has 0 bridgehead atoms. The maximum atomic E-state index is 10.9. The van der Waals surface area contributed by atoms with E-state index >= 15 is 0 Å². The summed E-state index contributed by atoms with van der Waals surface area (Å²) in [5.41, 5.74) is 0. The van der Waals surface area contributed by atoms with Crippen LogP contribution in [0.3, 0.4) is 0 Å². The average Bonchev–Trinajstić information content (AvgIpc) is 2.82. The first-order valence-electron chi connectivity index (χ1n) is 10.1. The number of para-hydroxylation sites is 1. The predicted octanol–water partition coefficient (Wildman–Crippen LogP) is 4.77. The number of hydrogen-bond acceptors (Lipinski definition) is 6. The lowest BCUT2D eigenvalue weighted by Crippen LogP contribution is -2.13. The number of carbonyl (C=O) groups is 1. The number of benzene rings is 3. The normalized spacial score (nSPS) is 10.6. The second kappa shape index (κ2) is 12.4. The van der Waals surface area contributed by atoms with Crippen LogP contribution in [0.15, 0.2) is 79.4 Å². The summed E-state index contributed by atoms with van der Waals surface area (Å²) in [5.74, 6) is 1.89. The standard InChI is InChI=1S/C25H26O6/c1-2-25(26)30-19-17-28-15-14-27-16-18-29-23-12-13-24(22-11-7-6-10-21(22)23)31-20-8-4-3-5-9-20/h2-13H,1,14-19H2. The first-order chi connectivity index (χ1) is 15.3. The lowest BCUT2D eigenvalue weighted by atomic mass is 10.1. The molecule has 3 aromatic rings. The molecule has 0 aliphatic carbocycles. The van der Waals surface area contributed by atoms with Gasteiger partial charge in [-0.2, -0.15) is 0 Å². The smallest absolute Gasteiger partial charge is 0.330 e. The van der Waals surface area contributed by atoms with Gasteiger partial charge in [0.15, 0.2) is 0 Å². The van der Waals surface area contributed by atoms with Gasteiger partial charge in [0, 0.05) is 16.8 Å². The third-order valence-corrected chi connectivity index (χ3v) is 4.31. The summed E-state index contributed by atoms with van der Waals surface area (Å²) in [6.45, 7) is 5.55. The van der Waals surface area contributed by atoms with Crippen molar-refractivity contribution in [2.45, 2.75) is 0 Å². The first-order valence-corrected chi connectivity index (χ1v) is 10.1. The Hall–Kier alpha value is -3.35. The van der Waals surface area contributed by atoms with Gasteiger partial charge in [-0.3, -0.25) is 0 Å². The molecule has 0 unspecified atom stereocenters. The molecule has 0 radical (unpaired) electrons. The van der Waals surface area contributed by atoms with Crippen LogP contribution in [0.1, 0.15) is 0 Å². The van der Waals surface area contributed by atoms with Crippen LogP contribution < -0.4 is 9.47 Å². The highest BCUT2D eigenvalue weighted by Gasteiger charge is 2.08. The Balaban J connectivity index is 1.42. The van der Waals surface area contributed by atoms with Gasteiger partial charge < -0.3 is 23.7 Å². The van der Waals surface area contributed by atoms with Crippen LogP contribution in [0, 0.1) is 0 Å². The highest BCUT2D eigenvalue weighted by molar-refractivity contribution is 5.93. The maximum absolute atomic E-state index is 10.9. The van der Waals surface area contributed by atoms with Crippen LogP contribution in [-0.2, 0) is 19.0 Å². The van der Waals surface area contributed by atoms with Crippen molar-refractivity contribution in [1.29, 1.82) is 0 Å². The Morgan fingerprint density at radius 2 is 1.29 bits per heavy atom. The quantitative estimate of drug-likeness (QED) is 0.225. The minimum atomic E-state index is -0.454. The Morgan fingerprint density at radius 1 is 0.710 bits per heavy atom. The summed E-state index contributed by atoms with van der Waals surface area (Å²) in [7, 11) is 0. The van der Waals surface area contributed by atoms with E-state index in [1.54, 1.807) is 0 Å². The number of hydrogen-bond donors (Lipinski definition) is 0.